The number of aliphatic carboxylic acids is 1. The van der Waals surface area contributed by atoms with Gasteiger partial charge in [-0.05, 0) is 30.5 Å². The second-order valence-corrected chi connectivity index (χ2v) is 6.76. The highest BCUT2D eigenvalue weighted by atomic mass is 16.5. The summed E-state index contributed by atoms with van der Waals surface area (Å²) >= 11 is 0. The van der Waals surface area contributed by atoms with E-state index in [2.05, 4.69) is 10.6 Å². The fourth-order valence-electron chi connectivity index (χ4n) is 2.79. The molecule has 0 unspecified atom stereocenters. The molecule has 1 amide bonds. The van der Waals surface area contributed by atoms with Gasteiger partial charge < -0.3 is 36.1 Å². The lowest BCUT2D eigenvalue weighted by molar-refractivity contribution is -0.138. The summed E-state index contributed by atoms with van der Waals surface area (Å²) in [7, 11) is 0. The molecule has 1 heterocycles. The third-order valence-electron chi connectivity index (χ3n) is 4.36. The van der Waals surface area contributed by atoms with Crippen molar-refractivity contribution in [2.45, 2.75) is 44.1 Å². The number of carboxylic acid groups (broad SMARTS) is 1. The molecule has 0 aliphatic carbocycles. The quantitative estimate of drug-likeness (QED) is 0.319. The second kappa shape index (κ2) is 11.6. The van der Waals surface area contributed by atoms with Crippen LogP contribution in [-0.4, -0.2) is 66.8 Å². The number of carboxylic acids is 1. The maximum atomic E-state index is 12.0. The van der Waals surface area contributed by atoms with Crippen molar-refractivity contribution < 1.29 is 29.3 Å². The Kier molecular flexibility index (Phi) is 9.15. The molecule has 3 atom stereocenters. The van der Waals surface area contributed by atoms with Crippen LogP contribution in [0, 0.1) is 0 Å². The lowest BCUT2D eigenvalue weighted by Crippen LogP contribution is -2.51. The summed E-state index contributed by atoms with van der Waals surface area (Å²) < 4.78 is 11.0. The van der Waals surface area contributed by atoms with Gasteiger partial charge in [0.25, 0.3) is 5.91 Å². The highest BCUT2D eigenvalue weighted by molar-refractivity contribution is 5.81. The van der Waals surface area contributed by atoms with Crippen molar-refractivity contribution in [3.8, 4) is 5.75 Å². The minimum Gasteiger partial charge on any atom is -0.494 e. The molecule has 9 heteroatoms. The first kappa shape index (κ1) is 22.1. The van der Waals surface area contributed by atoms with Crippen LogP contribution in [0.1, 0.15) is 24.8 Å². The number of carbonyl (C=O) groups is 2. The largest absolute Gasteiger partial charge is 0.494 e. The van der Waals surface area contributed by atoms with Crippen molar-refractivity contribution in [1.82, 2.24) is 10.6 Å². The molecule has 28 heavy (non-hydrogen) atoms. The first-order chi connectivity index (χ1) is 13.4. The van der Waals surface area contributed by atoms with Crippen LogP contribution < -0.4 is 21.1 Å². The summed E-state index contributed by atoms with van der Waals surface area (Å²) in [4.78, 5) is 22.5. The monoisotopic (exact) mass is 395 g/mol. The summed E-state index contributed by atoms with van der Waals surface area (Å²) in [6, 6.07) is 6.90. The van der Waals surface area contributed by atoms with Crippen molar-refractivity contribution in [1.29, 1.82) is 0 Å². The average molecular weight is 395 g/mol. The van der Waals surface area contributed by atoms with Crippen LogP contribution in [0.4, 0.5) is 0 Å². The van der Waals surface area contributed by atoms with Gasteiger partial charge in [0.1, 0.15) is 18.1 Å². The van der Waals surface area contributed by atoms with Crippen molar-refractivity contribution >= 4 is 11.9 Å². The zero-order valence-corrected chi connectivity index (χ0v) is 15.8. The number of aliphatic hydroxyl groups excluding tert-OH is 1. The fourth-order valence-corrected chi connectivity index (χ4v) is 2.79. The van der Waals surface area contributed by atoms with Crippen molar-refractivity contribution in [3.05, 3.63) is 29.8 Å². The average Bonchev–Trinajstić information content (AvgIpc) is 2.67. The molecular weight excluding hydrogens is 366 g/mol. The van der Waals surface area contributed by atoms with E-state index in [4.69, 9.17) is 20.3 Å². The van der Waals surface area contributed by atoms with Gasteiger partial charge in [-0.2, -0.15) is 0 Å². The lowest BCUT2D eigenvalue weighted by atomic mass is 10.1. The number of ether oxygens (including phenoxy) is 2. The Morgan fingerprint density at radius 1 is 1.36 bits per heavy atom. The molecule has 0 radical (unpaired) electrons. The lowest BCUT2D eigenvalue weighted by Gasteiger charge is -2.25. The molecule has 0 bridgehead atoms. The van der Waals surface area contributed by atoms with E-state index in [1.54, 1.807) is 12.1 Å². The van der Waals surface area contributed by atoms with Gasteiger partial charge in [-0.25, -0.2) is 0 Å². The van der Waals surface area contributed by atoms with E-state index in [0.29, 0.717) is 44.9 Å². The summed E-state index contributed by atoms with van der Waals surface area (Å²) in [6.45, 7) is 1.97. The Balaban J connectivity index is 1.62. The number of morpholine rings is 1. The SMILES string of the molecule is N[C@@H](CCOc1ccc(CCC(=O)O)cc1)C[C@H](O)NC(=O)[C@@H]1CNCCO1. The van der Waals surface area contributed by atoms with E-state index in [1.807, 2.05) is 12.1 Å². The molecule has 1 aromatic rings. The first-order valence-corrected chi connectivity index (χ1v) is 9.44. The number of aryl methyl sites for hydroxylation is 1. The van der Waals surface area contributed by atoms with Gasteiger partial charge in [0.2, 0.25) is 0 Å². The Labute approximate surface area is 164 Å². The predicted molar refractivity (Wildman–Crippen MR) is 102 cm³/mol. The number of nitrogens with two attached hydrogens (primary N) is 1. The highest BCUT2D eigenvalue weighted by Crippen LogP contribution is 2.14. The molecular formula is C19H29N3O6. The second-order valence-electron chi connectivity index (χ2n) is 6.76. The fraction of sp³-hybridized carbons (Fsp3) is 0.579. The van der Waals surface area contributed by atoms with Crippen LogP contribution in [-0.2, 0) is 20.7 Å². The van der Waals surface area contributed by atoms with Crippen LogP contribution >= 0.6 is 0 Å². The Bertz CT molecular complexity index is 619. The van der Waals surface area contributed by atoms with Crippen LogP contribution in [0.3, 0.4) is 0 Å². The number of aliphatic hydroxyl groups is 1. The maximum absolute atomic E-state index is 12.0. The molecule has 0 aromatic heterocycles. The molecule has 156 valence electrons. The summed E-state index contributed by atoms with van der Waals surface area (Å²) in [5.41, 5.74) is 6.93. The first-order valence-electron chi connectivity index (χ1n) is 9.44. The minimum atomic E-state index is -1.04. The topological polar surface area (TPSA) is 143 Å². The van der Waals surface area contributed by atoms with E-state index >= 15 is 0 Å². The number of nitrogens with one attached hydrogen (secondary N) is 2. The van der Waals surface area contributed by atoms with E-state index in [-0.39, 0.29) is 24.8 Å². The summed E-state index contributed by atoms with van der Waals surface area (Å²) in [5, 5.41) is 24.2. The number of carbonyl (C=O) groups excluding carboxylic acids is 1. The van der Waals surface area contributed by atoms with E-state index in [0.717, 1.165) is 5.56 Å². The Morgan fingerprint density at radius 3 is 2.75 bits per heavy atom. The third-order valence-corrected chi connectivity index (χ3v) is 4.36. The van der Waals surface area contributed by atoms with Crippen LogP contribution in [0.2, 0.25) is 0 Å². The molecule has 0 spiro atoms. The molecule has 9 nitrogen and oxygen atoms in total. The van der Waals surface area contributed by atoms with Gasteiger partial charge >= 0.3 is 5.97 Å². The van der Waals surface area contributed by atoms with Crippen molar-refractivity contribution in [2.75, 3.05) is 26.3 Å². The molecule has 1 aromatic carbocycles. The molecule has 1 aliphatic rings. The number of hydrogen-bond acceptors (Lipinski definition) is 7. The van der Waals surface area contributed by atoms with Crippen LogP contribution in [0.15, 0.2) is 24.3 Å². The number of amides is 1. The molecule has 0 saturated carbocycles. The van der Waals surface area contributed by atoms with E-state index in [9.17, 15) is 14.7 Å². The molecule has 2 rings (SSSR count). The van der Waals surface area contributed by atoms with Crippen LogP contribution in [0.25, 0.3) is 0 Å². The van der Waals surface area contributed by atoms with Gasteiger partial charge in [-0.3, -0.25) is 9.59 Å². The Morgan fingerprint density at radius 2 is 2.11 bits per heavy atom. The highest BCUT2D eigenvalue weighted by Gasteiger charge is 2.24. The summed E-state index contributed by atoms with van der Waals surface area (Å²) in [6.07, 6.45) is -0.343. The zero-order valence-electron chi connectivity index (χ0n) is 15.8. The molecule has 1 saturated heterocycles. The number of benzene rings is 1. The zero-order chi connectivity index (χ0) is 20.4. The van der Waals surface area contributed by atoms with Gasteiger partial charge in [-0.1, -0.05) is 12.1 Å². The van der Waals surface area contributed by atoms with Crippen molar-refractivity contribution in [3.63, 3.8) is 0 Å². The van der Waals surface area contributed by atoms with Crippen LogP contribution in [0.5, 0.6) is 5.75 Å². The molecule has 1 fully saturated rings. The van der Waals surface area contributed by atoms with E-state index < -0.39 is 18.3 Å². The smallest absolute Gasteiger partial charge is 0.303 e. The van der Waals surface area contributed by atoms with Crippen molar-refractivity contribution in [2.24, 2.45) is 5.73 Å². The minimum absolute atomic E-state index is 0.0945. The van der Waals surface area contributed by atoms with Gasteiger partial charge in [0, 0.05) is 32.0 Å². The number of rotatable bonds is 11. The Hall–Kier alpha value is -2.20. The standard InChI is InChI=1S/C19H29N3O6/c20-14(11-17(23)22-19(26)16-12-21-8-10-28-16)7-9-27-15-4-1-13(2-5-15)3-6-18(24)25/h1-2,4-5,14,16-17,21,23H,3,6-12,20H2,(H,22,26)(H,24,25)/t14-,16-,17-/m0/s1. The summed E-state index contributed by atoms with van der Waals surface area (Å²) in [5.74, 6) is -0.510. The van der Waals surface area contributed by atoms with E-state index in [1.165, 1.54) is 0 Å². The normalized spacial score (nSPS) is 18.9. The number of hydrogen-bond donors (Lipinski definition) is 5. The molecule has 6 N–H and O–H groups in total. The maximum Gasteiger partial charge on any atom is 0.303 e. The van der Waals surface area contributed by atoms with Gasteiger partial charge in [0.15, 0.2) is 0 Å². The van der Waals surface area contributed by atoms with Gasteiger partial charge in [-0.15, -0.1) is 0 Å². The van der Waals surface area contributed by atoms with Gasteiger partial charge in [0.05, 0.1) is 13.2 Å². The predicted octanol–water partition coefficient (Wildman–Crippen LogP) is -0.387. The third kappa shape index (κ3) is 8.22. The molecule has 1 aliphatic heterocycles.